The first-order chi connectivity index (χ1) is 4.91. The molecule has 0 heterocycles. The van der Waals surface area contributed by atoms with Crippen molar-refractivity contribution in [2.75, 3.05) is 7.11 Å². The normalized spacial score (nSPS) is 9.00. The molecule has 0 aromatic rings. The number of oxime groups is 1. The fraction of sp³-hybridized carbons (Fsp3) is 0.625. The first-order valence-corrected chi connectivity index (χ1v) is 3.45. The van der Waals surface area contributed by atoms with Gasteiger partial charge in [-0.25, -0.2) is 0 Å². The zero-order chi connectivity index (χ0) is 7.66. The third-order valence-corrected chi connectivity index (χ3v) is 0.980. The molecule has 0 radical (unpaired) electrons. The number of nitrogens with zero attached hydrogens (tertiary/aromatic N) is 1. The van der Waals surface area contributed by atoms with Crippen molar-refractivity contribution in [2.45, 2.75) is 26.2 Å². The molecule has 2 heteroatoms. The molecule has 0 fully saturated rings. The Morgan fingerprint density at radius 3 is 3.00 bits per heavy atom. The number of hydrogen-bond donors (Lipinski definition) is 0. The van der Waals surface area contributed by atoms with Gasteiger partial charge in [-0.3, -0.25) is 0 Å². The Labute approximate surface area is 62.3 Å². The molecule has 0 aliphatic carbocycles. The van der Waals surface area contributed by atoms with Crippen LogP contribution in [-0.2, 0) is 4.84 Å². The summed E-state index contributed by atoms with van der Waals surface area (Å²) in [5.74, 6) is 5.70. The van der Waals surface area contributed by atoms with Gasteiger partial charge < -0.3 is 4.84 Å². The van der Waals surface area contributed by atoms with E-state index >= 15 is 0 Å². The predicted octanol–water partition coefficient (Wildman–Crippen LogP) is 1.81. The third kappa shape index (κ3) is 7.03. The maximum absolute atomic E-state index is 4.42. The van der Waals surface area contributed by atoms with Crippen LogP contribution in [0.15, 0.2) is 5.16 Å². The molecule has 0 N–H and O–H groups in total. The van der Waals surface area contributed by atoms with Crippen LogP contribution in [-0.4, -0.2) is 13.3 Å². The minimum atomic E-state index is 0.951. The summed E-state index contributed by atoms with van der Waals surface area (Å²) in [6, 6.07) is 0. The van der Waals surface area contributed by atoms with Crippen LogP contribution in [0.1, 0.15) is 26.2 Å². The van der Waals surface area contributed by atoms with Crippen molar-refractivity contribution in [1.82, 2.24) is 0 Å². The van der Waals surface area contributed by atoms with Crippen LogP contribution in [0.25, 0.3) is 0 Å². The summed E-state index contributed by atoms with van der Waals surface area (Å²) in [7, 11) is 1.50. The molecule has 0 atom stereocenters. The maximum atomic E-state index is 4.42. The van der Waals surface area contributed by atoms with Crippen molar-refractivity contribution in [3.05, 3.63) is 0 Å². The van der Waals surface area contributed by atoms with Crippen molar-refractivity contribution in [1.29, 1.82) is 0 Å². The molecule has 0 saturated carbocycles. The number of hydrogen-bond acceptors (Lipinski definition) is 2. The second-order valence-corrected chi connectivity index (χ2v) is 1.84. The van der Waals surface area contributed by atoms with Crippen LogP contribution in [0.4, 0.5) is 0 Å². The van der Waals surface area contributed by atoms with Gasteiger partial charge >= 0.3 is 0 Å². The summed E-state index contributed by atoms with van der Waals surface area (Å²) in [4.78, 5) is 4.42. The molecule has 0 aliphatic heterocycles. The Morgan fingerprint density at radius 2 is 2.40 bits per heavy atom. The SMILES string of the molecule is CCCCC#C/C=N/OC. The van der Waals surface area contributed by atoms with Crippen LogP contribution in [0, 0.1) is 11.8 Å². The summed E-state index contributed by atoms with van der Waals surface area (Å²) in [6.45, 7) is 2.14. The molecule has 0 rings (SSSR count). The van der Waals surface area contributed by atoms with E-state index in [4.69, 9.17) is 0 Å². The minimum Gasteiger partial charge on any atom is -0.399 e. The van der Waals surface area contributed by atoms with Gasteiger partial charge in [0.15, 0.2) is 0 Å². The lowest BCUT2D eigenvalue weighted by atomic mass is 10.3. The lowest BCUT2D eigenvalue weighted by molar-refractivity contribution is 0.216. The fourth-order valence-electron chi connectivity index (χ4n) is 0.462. The van der Waals surface area contributed by atoms with Crippen molar-refractivity contribution in [3.63, 3.8) is 0 Å². The lowest BCUT2D eigenvalue weighted by Crippen LogP contribution is -1.71. The summed E-state index contributed by atoms with van der Waals surface area (Å²) in [5.41, 5.74) is 0. The second kappa shape index (κ2) is 8.03. The second-order valence-electron chi connectivity index (χ2n) is 1.84. The van der Waals surface area contributed by atoms with Gasteiger partial charge in [0.1, 0.15) is 13.3 Å². The van der Waals surface area contributed by atoms with Crippen LogP contribution in [0.2, 0.25) is 0 Å². The molecule has 10 heavy (non-hydrogen) atoms. The molecule has 2 nitrogen and oxygen atoms in total. The van der Waals surface area contributed by atoms with Crippen molar-refractivity contribution in [2.24, 2.45) is 5.16 Å². The zero-order valence-electron chi connectivity index (χ0n) is 6.55. The summed E-state index contributed by atoms with van der Waals surface area (Å²) in [6.07, 6.45) is 4.77. The van der Waals surface area contributed by atoms with Gasteiger partial charge in [0.05, 0.1) is 0 Å². The minimum absolute atomic E-state index is 0.951. The monoisotopic (exact) mass is 139 g/mol. The van der Waals surface area contributed by atoms with Crippen molar-refractivity contribution in [3.8, 4) is 11.8 Å². The lowest BCUT2D eigenvalue weighted by Gasteiger charge is -1.81. The highest BCUT2D eigenvalue weighted by Crippen LogP contribution is 1.89. The van der Waals surface area contributed by atoms with Gasteiger partial charge in [0.2, 0.25) is 0 Å². The summed E-state index contributed by atoms with van der Waals surface area (Å²) >= 11 is 0. The van der Waals surface area contributed by atoms with E-state index in [0.29, 0.717) is 0 Å². The van der Waals surface area contributed by atoms with E-state index in [1.807, 2.05) is 0 Å². The number of unbranched alkanes of at least 4 members (excludes halogenated alkanes) is 2. The average Bonchev–Trinajstić information content (AvgIpc) is 1.97. The van der Waals surface area contributed by atoms with E-state index in [2.05, 4.69) is 28.8 Å². The first kappa shape index (κ1) is 9.03. The van der Waals surface area contributed by atoms with Gasteiger partial charge in [-0.05, 0) is 6.42 Å². The summed E-state index contributed by atoms with van der Waals surface area (Å²) < 4.78 is 0. The van der Waals surface area contributed by atoms with E-state index in [-0.39, 0.29) is 0 Å². The van der Waals surface area contributed by atoms with Crippen LogP contribution in [0.5, 0.6) is 0 Å². The largest absolute Gasteiger partial charge is 0.399 e. The molecule has 0 unspecified atom stereocenters. The molecule has 0 aliphatic rings. The maximum Gasteiger partial charge on any atom is 0.116 e. The van der Waals surface area contributed by atoms with Gasteiger partial charge in [0.25, 0.3) is 0 Å². The quantitative estimate of drug-likeness (QED) is 0.253. The Bertz CT molecular complexity index is 141. The Morgan fingerprint density at radius 1 is 1.60 bits per heavy atom. The average molecular weight is 139 g/mol. The van der Waals surface area contributed by atoms with E-state index < -0.39 is 0 Å². The molecule has 0 aromatic carbocycles. The van der Waals surface area contributed by atoms with Crippen LogP contribution < -0.4 is 0 Å². The molecule has 0 aromatic heterocycles. The Balaban J connectivity index is 3.22. The third-order valence-electron chi connectivity index (χ3n) is 0.980. The van der Waals surface area contributed by atoms with Gasteiger partial charge in [-0.15, -0.1) is 0 Å². The van der Waals surface area contributed by atoms with E-state index in [9.17, 15) is 0 Å². The molecular formula is C8H13NO. The topological polar surface area (TPSA) is 21.6 Å². The summed E-state index contributed by atoms with van der Waals surface area (Å²) in [5, 5.41) is 3.47. The first-order valence-electron chi connectivity index (χ1n) is 3.45. The molecular weight excluding hydrogens is 126 g/mol. The zero-order valence-corrected chi connectivity index (χ0v) is 6.55. The Kier molecular flexibility index (Phi) is 7.25. The molecule has 0 saturated heterocycles. The molecule has 56 valence electrons. The van der Waals surface area contributed by atoms with E-state index in [0.717, 1.165) is 12.8 Å². The molecule has 0 bridgehead atoms. The fourth-order valence-corrected chi connectivity index (χ4v) is 0.462. The number of rotatable bonds is 3. The van der Waals surface area contributed by atoms with E-state index in [1.165, 1.54) is 19.7 Å². The van der Waals surface area contributed by atoms with Gasteiger partial charge in [0, 0.05) is 6.42 Å². The molecule has 0 spiro atoms. The molecule has 0 amide bonds. The Hall–Kier alpha value is -0.970. The smallest absolute Gasteiger partial charge is 0.116 e. The van der Waals surface area contributed by atoms with Gasteiger partial charge in [-0.2, -0.15) is 0 Å². The van der Waals surface area contributed by atoms with Crippen LogP contribution >= 0.6 is 0 Å². The van der Waals surface area contributed by atoms with Crippen molar-refractivity contribution < 1.29 is 4.84 Å². The highest BCUT2D eigenvalue weighted by molar-refractivity contribution is 5.77. The highest BCUT2D eigenvalue weighted by Gasteiger charge is 1.74. The van der Waals surface area contributed by atoms with E-state index in [1.54, 1.807) is 0 Å². The standard InChI is InChI=1S/C8H13NO/c1-3-4-5-6-7-8-9-10-2/h8H,3-5H2,1-2H3/b9-8+. The van der Waals surface area contributed by atoms with Crippen LogP contribution in [0.3, 0.4) is 0 Å². The van der Waals surface area contributed by atoms with Crippen molar-refractivity contribution >= 4 is 6.21 Å². The van der Waals surface area contributed by atoms with Gasteiger partial charge in [-0.1, -0.05) is 30.3 Å². The highest BCUT2D eigenvalue weighted by atomic mass is 16.6. The predicted molar refractivity (Wildman–Crippen MR) is 42.8 cm³/mol.